The first kappa shape index (κ1) is 30.6. The van der Waals surface area contributed by atoms with Crippen LogP contribution in [0.2, 0.25) is 0 Å². The molecule has 2 aromatic heterocycles. The Hall–Kier alpha value is -6.23. The number of hydrogen-bond donors (Lipinski definition) is 0. The van der Waals surface area contributed by atoms with Crippen molar-refractivity contribution >= 4 is 31.5 Å². The van der Waals surface area contributed by atoms with Gasteiger partial charge in [-0.05, 0) is 68.8 Å². The van der Waals surface area contributed by atoms with Gasteiger partial charge in [0.25, 0.3) is 0 Å². The van der Waals surface area contributed by atoms with Crippen LogP contribution in [0.4, 0.5) is 0 Å². The minimum absolute atomic E-state index is 0.229. The minimum Gasteiger partial charge on any atom is -0.208 e. The molecule has 4 heteroatoms. The second kappa shape index (κ2) is 11.9. The van der Waals surface area contributed by atoms with Crippen LogP contribution >= 0.6 is 11.3 Å². The van der Waals surface area contributed by atoms with E-state index in [9.17, 15) is 0 Å². The minimum atomic E-state index is -0.229. The van der Waals surface area contributed by atoms with Crippen LogP contribution in [-0.4, -0.2) is 15.0 Å². The molecule has 0 aliphatic heterocycles. The van der Waals surface area contributed by atoms with Crippen molar-refractivity contribution in [3.8, 4) is 67.5 Å². The number of rotatable bonds is 5. The largest absolute Gasteiger partial charge is 0.208 e. The highest BCUT2D eigenvalue weighted by Crippen LogP contribution is 2.52. The van der Waals surface area contributed by atoms with Gasteiger partial charge in [0.05, 0.1) is 0 Å². The highest BCUT2D eigenvalue weighted by Gasteiger charge is 2.38. The van der Waals surface area contributed by atoms with Crippen molar-refractivity contribution in [2.45, 2.75) is 19.3 Å². The lowest BCUT2D eigenvalue weighted by molar-refractivity contribution is 0.661. The molecule has 0 amide bonds. The third kappa shape index (κ3) is 4.83. The van der Waals surface area contributed by atoms with Crippen LogP contribution in [0, 0.1) is 0 Å². The molecule has 0 unspecified atom stereocenters. The molecule has 0 saturated heterocycles. The maximum absolute atomic E-state index is 5.40. The summed E-state index contributed by atoms with van der Waals surface area (Å²) < 4.78 is 2.43. The molecule has 0 spiro atoms. The van der Waals surface area contributed by atoms with Crippen LogP contribution in [0.3, 0.4) is 0 Å². The van der Waals surface area contributed by atoms with E-state index in [1.807, 2.05) is 0 Å². The Kier molecular flexibility index (Phi) is 7.02. The maximum Gasteiger partial charge on any atom is 0.165 e. The van der Waals surface area contributed by atoms with Crippen LogP contribution in [-0.2, 0) is 5.41 Å². The van der Waals surface area contributed by atoms with Crippen molar-refractivity contribution in [3.05, 3.63) is 175 Å². The number of fused-ring (bicyclic) bond motifs is 6. The average molecular weight is 684 g/mol. The summed E-state index contributed by atoms with van der Waals surface area (Å²) in [5, 5.41) is 2.47. The van der Waals surface area contributed by atoms with E-state index in [2.05, 4.69) is 178 Å². The van der Waals surface area contributed by atoms with Crippen molar-refractivity contribution in [2.24, 2.45) is 0 Å². The second-order valence-electron chi connectivity index (χ2n) is 14.0. The zero-order chi connectivity index (χ0) is 34.8. The smallest absolute Gasteiger partial charge is 0.165 e. The number of aromatic nitrogens is 3. The molecule has 246 valence electrons. The summed E-state index contributed by atoms with van der Waals surface area (Å²) in [6, 6.07) is 58.2. The standard InChI is InChI=1S/C48H33N3S/c1-48(2)41-25-11-9-19-33(41)35-21-13-23-38(43(35)48)46-49-45(50-47(51-46)39-24-14-22-36-34-20-10-12-26-42(34)52-44(36)39)37-28-27-32(30-15-5-3-6-16-30)29-40(37)31-17-7-4-8-18-31/h3-29H,1-2H3. The van der Waals surface area contributed by atoms with Gasteiger partial charge >= 0.3 is 0 Å². The highest BCUT2D eigenvalue weighted by atomic mass is 32.1. The van der Waals surface area contributed by atoms with E-state index in [-0.39, 0.29) is 5.41 Å². The highest BCUT2D eigenvalue weighted by molar-refractivity contribution is 7.26. The molecule has 0 fully saturated rings. The number of nitrogens with zero attached hydrogens (tertiary/aromatic N) is 3. The van der Waals surface area contributed by atoms with E-state index in [4.69, 9.17) is 15.0 Å². The van der Waals surface area contributed by atoms with Crippen molar-refractivity contribution in [1.29, 1.82) is 0 Å². The van der Waals surface area contributed by atoms with Crippen molar-refractivity contribution in [2.75, 3.05) is 0 Å². The molecule has 0 atom stereocenters. The molecular formula is C48H33N3S. The Labute approximate surface area is 307 Å². The lowest BCUT2D eigenvalue weighted by atomic mass is 9.80. The van der Waals surface area contributed by atoms with Gasteiger partial charge in [0.2, 0.25) is 0 Å². The Morgan fingerprint density at radius 3 is 1.79 bits per heavy atom. The fraction of sp³-hybridized carbons (Fsp3) is 0.0625. The third-order valence-electron chi connectivity index (χ3n) is 10.6. The molecule has 1 aliphatic rings. The summed E-state index contributed by atoms with van der Waals surface area (Å²) >= 11 is 1.80. The fourth-order valence-electron chi connectivity index (χ4n) is 8.10. The van der Waals surface area contributed by atoms with Crippen molar-refractivity contribution in [1.82, 2.24) is 15.0 Å². The zero-order valence-electron chi connectivity index (χ0n) is 28.8. The van der Waals surface area contributed by atoms with Crippen LogP contribution in [0.25, 0.3) is 87.7 Å². The molecule has 10 rings (SSSR count). The predicted octanol–water partition coefficient (Wildman–Crippen LogP) is 12.9. The molecule has 3 nitrogen and oxygen atoms in total. The first-order valence-corrected chi connectivity index (χ1v) is 18.5. The lowest BCUT2D eigenvalue weighted by Crippen LogP contribution is -2.17. The van der Waals surface area contributed by atoms with Gasteiger partial charge in [0.1, 0.15) is 0 Å². The summed E-state index contributed by atoms with van der Waals surface area (Å²) in [4.78, 5) is 16.1. The summed E-state index contributed by atoms with van der Waals surface area (Å²) in [7, 11) is 0. The van der Waals surface area contributed by atoms with Crippen LogP contribution in [0.1, 0.15) is 25.0 Å². The van der Waals surface area contributed by atoms with E-state index >= 15 is 0 Å². The van der Waals surface area contributed by atoms with Gasteiger partial charge in [-0.3, -0.25) is 0 Å². The Morgan fingerprint density at radius 2 is 0.981 bits per heavy atom. The summed E-state index contributed by atoms with van der Waals surface area (Å²) in [6.07, 6.45) is 0. The zero-order valence-corrected chi connectivity index (χ0v) is 29.7. The molecular weight excluding hydrogens is 651 g/mol. The first-order valence-electron chi connectivity index (χ1n) is 17.7. The molecule has 0 N–H and O–H groups in total. The van der Waals surface area contributed by atoms with E-state index in [1.54, 1.807) is 11.3 Å². The van der Waals surface area contributed by atoms with Gasteiger partial charge in [-0.2, -0.15) is 0 Å². The van der Waals surface area contributed by atoms with Crippen molar-refractivity contribution < 1.29 is 0 Å². The molecule has 0 radical (unpaired) electrons. The summed E-state index contributed by atoms with van der Waals surface area (Å²) in [5.41, 5.74) is 12.4. The van der Waals surface area contributed by atoms with Crippen LogP contribution < -0.4 is 0 Å². The maximum atomic E-state index is 5.40. The van der Waals surface area contributed by atoms with Gasteiger partial charge in [0, 0.05) is 42.3 Å². The lowest BCUT2D eigenvalue weighted by Gasteiger charge is -2.24. The number of benzene rings is 7. The fourth-order valence-corrected chi connectivity index (χ4v) is 9.31. The predicted molar refractivity (Wildman–Crippen MR) is 217 cm³/mol. The molecule has 9 aromatic rings. The monoisotopic (exact) mass is 683 g/mol. The molecule has 1 aliphatic carbocycles. The Morgan fingerprint density at radius 1 is 0.404 bits per heavy atom. The molecule has 0 saturated carbocycles. The Bertz CT molecular complexity index is 2820. The van der Waals surface area contributed by atoms with E-state index in [0.717, 1.165) is 33.4 Å². The average Bonchev–Trinajstić information content (AvgIpc) is 3.70. The summed E-state index contributed by atoms with van der Waals surface area (Å²) in [6.45, 7) is 4.63. The molecule has 2 heterocycles. The van der Waals surface area contributed by atoms with E-state index < -0.39 is 0 Å². The van der Waals surface area contributed by atoms with Gasteiger partial charge in [-0.15, -0.1) is 11.3 Å². The number of thiophene rings is 1. The van der Waals surface area contributed by atoms with E-state index in [0.29, 0.717) is 17.5 Å². The van der Waals surface area contributed by atoms with E-state index in [1.165, 1.54) is 48.0 Å². The van der Waals surface area contributed by atoms with Crippen LogP contribution in [0.5, 0.6) is 0 Å². The Balaban J connectivity index is 1.26. The second-order valence-corrected chi connectivity index (χ2v) is 15.0. The van der Waals surface area contributed by atoms with Crippen LogP contribution in [0.15, 0.2) is 164 Å². The summed E-state index contributed by atoms with van der Waals surface area (Å²) in [5.74, 6) is 2.01. The third-order valence-corrected chi connectivity index (χ3v) is 11.8. The quantitative estimate of drug-likeness (QED) is 0.181. The molecule has 52 heavy (non-hydrogen) atoms. The molecule has 0 bridgehead atoms. The van der Waals surface area contributed by atoms with Crippen molar-refractivity contribution in [3.63, 3.8) is 0 Å². The van der Waals surface area contributed by atoms with Gasteiger partial charge < -0.3 is 0 Å². The van der Waals surface area contributed by atoms with Gasteiger partial charge in [-0.25, -0.2) is 15.0 Å². The topological polar surface area (TPSA) is 38.7 Å². The first-order chi connectivity index (χ1) is 25.5. The number of hydrogen-bond acceptors (Lipinski definition) is 4. The molecule has 7 aromatic carbocycles. The van der Waals surface area contributed by atoms with Gasteiger partial charge in [-0.1, -0.05) is 153 Å². The normalized spacial score (nSPS) is 13.0. The van der Waals surface area contributed by atoms with Gasteiger partial charge in [0.15, 0.2) is 17.5 Å². The SMILES string of the molecule is CC1(C)c2ccccc2-c2cccc(-c3nc(-c4ccc(-c5ccccc5)cc4-c4ccccc4)nc(-c4cccc5c4sc4ccccc45)n3)c21.